The van der Waals surface area contributed by atoms with Crippen molar-refractivity contribution in [2.75, 3.05) is 20.6 Å². The fraction of sp³-hybridized carbons (Fsp3) is 0.519. The molecule has 0 N–H and O–H groups in total. The summed E-state index contributed by atoms with van der Waals surface area (Å²) < 4.78 is 12.5. The van der Waals surface area contributed by atoms with Crippen LogP contribution in [0.25, 0.3) is 0 Å². The highest BCUT2D eigenvalue weighted by molar-refractivity contribution is 6.00. The third-order valence-corrected chi connectivity index (χ3v) is 7.77. The molecule has 0 radical (unpaired) electrons. The number of nitrogens with zero attached hydrogens (tertiary/aromatic N) is 2. The maximum atomic E-state index is 12.9. The maximum Gasteiger partial charge on any atom is 0.302 e. The number of ketones is 1. The fourth-order valence-electron chi connectivity index (χ4n) is 6.50. The first-order valence-electron chi connectivity index (χ1n) is 11.8. The topological polar surface area (TPSA) is 68.7 Å². The van der Waals surface area contributed by atoms with Gasteiger partial charge in [-0.05, 0) is 49.7 Å². The van der Waals surface area contributed by atoms with E-state index in [0.717, 1.165) is 35.4 Å². The lowest BCUT2D eigenvalue weighted by atomic mass is 9.64. The van der Waals surface area contributed by atoms with Crippen LogP contribution < -0.4 is 0 Å². The van der Waals surface area contributed by atoms with Gasteiger partial charge in [-0.3, -0.25) is 14.6 Å². The van der Waals surface area contributed by atoms with Crippen molar-refractivity contribution in [3.63, 3.8) is 0 Å². The van der Waals surface area contributed by atoms with Gasteiger partial charge in [0.25, 0.3) is 0 Å². The molecule has 33 heavy (non-hydrogen) atoms. The number of Topliss-reactive ketones (excluding diaryl/α,β-unsaturated/α-hetero) is 1. The average molecular weight is 449 g/mol. The second-order valence-electron chi connectivity index (χ2n) is 10.4. The van der Waals surface area contributed by atoms with Crippen LogP contribution in [0.2, 0.25) is 0 Å². The molecule has 0 saturated heterocycles. The van der Waals surface area contributed by atoms with Crippen LogP contribution in [-0.2, 0) is 19.1 Å². The van der Waals surface area contributed by atoms with E-state index in [1.807, 2.05) is 32.4 Å². The van der Waals surface area contributed by atoms with Crippen molar-refractivity contribution in [1.82, 2.24) is 9.88 Å². The van der Waals surface area contributed by atoms with E-state index in [1.165, 1.54) is 6.92 Å². The Labute approximate surface area is 195 Å². The highest BCUT2D eigenvalue weighted by Crippen LogP contribution is 2.60. The summed E-state index contributed by atoms with van der Waals surface area (Å²) in [5, 5.41) is 0. The molecule has 6 nitrogen and oxygen atoms in total. The number of hydrogen-bond donors (Lipinski definition) is 0. The lowest BCUT2D eigenvalue weighted by molar-refractivity contribution is -0.147. The molecular weight excluding hydrogens is 416 g/mol. The number of pyridine rings is 1. The summed E-state index contributed by atoms with van der Waals surface area (Å²) in [6.45, 7) is 4.57. The minimum atomic E-state index is -0.269. The van der Waals surface area contributed by atoms with Crippen molar-refractivity contribution in [3.05, 3.63) is 65.2 Å². The third kappa shape index (κ3) is 3.84. The third-order valence-electron chi connectivity index (χ3n) is 7.77. The van der Waals surface area contributed by atoms with Crippen LogP contribution in [0, 0.1) is 17.3 Å². The second-order valence-corrected chi connectivity index (χ2v) is 10.4. The summed E-state index contributed by atoms with van der Waals surface area (Å²) in [6, 6.07) is 4.00. The van der Waals surface area contributed by atoms with Crippen LogP contribution in [0.1, 0.15) is 44.6 Å². The van der Waals surface area contributed by atoms with Gasteiger partial charge in [-0.2, -0.15) is 0 Å². The monoisotopic (exact) mass is 448 g/mol. The quantitative estimate of drug-likeness (QED) is 0.653. The van der Waals surface area contributed by atoms with E-state index in [2.05, 4.69) is 35.0 Å². The van der Waals surface area contributed by atoms with Crippen molar-refractivity contribution in [3.8, 4) is 0 Å². The van der Waals surface area contributed by atoms with Gasteiger partial charge in [-0.1, -0.05) is 25.1 Å². The number of esters is 1. The van der Waals surface area contributed by atoms with Gasteiger partial charge in [0.1, 0.15) is 18.0 Å². The number of aromatic nitrogens is 1. The minimum absolute atomic E-state index is 0.00801. The molecule has 4 aliphatic rings. The smallest absolute Gasteiger partial charge is 0.302 e. The summed E-state index contributed by atoms with van der Waals surface area (Å²) >= 11 is 0. The highest BCUT2D eigenvalue weighted by atomic mass is 16.5. The molecule has 1 aliphatic heterocycles. The van der Waals surface area contributed by atoms with Gasteiger partial charge in [0.05, 0.1) is 5.57 Å². The molecule has 0 bridgehead atoms. The molecule has 1 saturated carbocycles. The summed E-state index contributed by atoms with van der Waals surface area (Å²) in [6.07, 6.45) is 11.7. The zero-order valence-electron chi connectivity index (χ0n) is 19.8. The van der Waals surface area contributed by atoms with Crippen molar-refractivity contribution < 1.29 is 19.1 Å². The average Bonchev–Trinajstić information content (AvgIpc) is 3.04. The largest absolute Gasteiger partial charge is 0.489 e. The van der Waals surface area contributed by atoms with Gasteiger partial charge in [-0.15, -0.1) is 0 Å². The number of rotatable bonds is 4. The molecule has 3 aliphatic carbocycles. The standard InChI is InChI=1S/C27H32N2O4/c1-16(30)32-24-13-21-26-18(7-8-27(21,2)25(24)19-6-5-9-28-14-19)12-20-22(31)10-17(15-29(3)4)11-23(20)33-26/h5-9,12,14,17,21,24-26H,10-11,13,15H2,1-4H3/t17?,21-,24?,25-,26+,27-/m0/s1. The van der Waals surface area contributed by atoms with E-state index in [4.69, 9.17) is 9.47 Å². The minimum Gasteiger partial charge on any atom is -0.489 e. The zero-order chi connectivity index (χ0) is 23.3. The van der Waals surface area contributed by atoms with Crippen LogP contribution in [0.3, 0.4) is 0 Å². The van der Waals surface area contributed by atoms with Gasteiger partial charge in [0.2, 0.25) is 0 Å². The normalized spacial score (nSPS) is 34.9. The molecule has 2 unspecified atom stereocenters. The Hall–Kier alpha value is -2.73. The van der Waals surface area contributed by atoms with Crippen LogP contribution in [0.4, 0.5) is 0 Å². The molecular formula is C27H32N2O4. The predicted octanol–water partition coefficient (Wildman–Crippen LogP) is 3.81. The Morgan fingerprint density at radius 1 is 1.33 bits per heavy atom. The molecule has 1 aromatic heterocycles. The number of carbonyl (C=O) groups is 2. The lowest BCUT2D eigenvalue weighted by Gasteiger charge is -2.44. The summed E-state index contributed by atoms with van der Waals surface area (Å²) in [5.41, 5.74) is 2.60. The number of ether oxygens (including phenoxy) is 2. The fourth-order valence-corrected chi connectivity index (χ4v) is 6.50. The van der Waals surface area contributed by atoms with Crippen molar-refractivity contribution in [2.24, 2.45) is 17.3 Å². The maximum absolute atomic E-state index is 12.9. The van der Waals surface area contributed by atoms with Crippen LogP contribution >= 0.6 is 0 Å². The van der Waals surface area contributed by atoms with Crippen LogP contribution in [0.5, 0.6) is 0 Å². The molecule has 1 fully saturated rings. The van der Waals surface area contributed by atoms with E-state index in [0.29, 0.717) is 12.8 Å². The van der Waals surface area contributed by atoms with E-state index < -0.39 is 0 Å². The predicted molar refractivity (Wildman–Crippen MR) is 124 cm³/mol. The first-order valence-corrected chi connectivity index (χ1v) is 11.8. The van der Waals surface area contributed by atoms with Crippen molar-refractivity contribution >= 4 is 11.8 Å². The Morgan fingerprint density at radius 3 is 2.85 bits per heavy atom. The Morgan fingerprint density at radius 2 is 2.15 bits per heavy atom. The molecule has 6 atom stereocenters. The highest BCUT2D eigenvalue weighted by Gasteiger charge is 2.58. The van der Waals surface area contributed by atoms with Crippen molar-refractivity contribution in [2.45, 2.75) is 51.2 Å². The second kappa shape index (κ2) is 8.24. The van der Waals surface area contributed by atoms with Gasteiger partial charge in [0, 0.05) is 56.0 Å². The number of allylic oxidation sites excluding steroid dienone is 4. The Bertz CT molecular complexity index is 1060. The van der Waals surface area contributed by atoms with Gasteiger partial charge >= 0.3 is 5.97 Å². The molecule has 0 spiro atoms. The van der Waals surface area contributed by atoms with E-state index in [1.54, 1.807) is 6.20 Å². The molecule has 6 heteroatoms. The molecule has 0 amide bonds. The van der Waals surface area contributed by atoms with Gasteiger partial charge < -0.3 is 14.4 Å². The molecule has 174 valence electrons. The SMILES string of the molecule is CC(=O)OC1C[C@H]2[C@@H]3OC4=C(C=C3C=C[C@]2(C)[C@H]1c1cccnc1)C(=O)CC(CN(C)C)C4. The van der Waals surface area contributed by atoms with Crippen molar-refractivity contribution in [1.29, 1.82) is 0 Å². The molecule has 5 rings (SSSR count). The van der Waals surface area contributed by atoms with E-state index in [-0.39, 0.29) is 47.1 Å². The Kier molecular flexibility index (Phi) is 5.52. The Balaban J connectivity index is 1.50. The first kappa shape index (κ1) is 22.1. The van der Waals surface area contributed by atoms with Crippen LogP contribution in [0.15, 0.2) is 59.7 Å². The van der Waals surface area contributed by atoms with Gasteiger partial charge in [0.15, 0.2) is 5.78 Å². The summed E-state index contributed by atoms with van der Waals surface area (Å²) in [7, 11) is 4.08. The number of carbonyl (C=O) groups excluding carboxylic acids is 2. The zero-order valence-corrected chi connectivity index (χ0v) is 19.8. The van der Waals surface area contributed by atoms with Gasteiger partial charge in [-0.25, -0.2) is 0 Å². The first-order chi connectivity index (χ1) is 15.8. The summed E-state index contributed by atoms with van der Waals surface area (Å²) in [5.74, 6) is 1.13. The van der Waals surface area contributed by atoms with Crippen LogP contribution in [-0.4, -0.2) is 54.5 Å². The van der Waals surface area contributed by atoms with E-state index in [9.17, 15) is 9.59 Å². The summed E-state index contributed by atoms with van der Waals surface area (Å²) in [4.78, 5) is 31.3. The lowest BCUT2D eigenvalue weighted by Crippen LogP contribution is -2.41. The molecule has 2 heterocycles. The van der Waals surface area contributed by atoms with E-state index >= 15 is 0 Å². The molecule has 0 aromatic carbocycles. The number of fused-ring (bicyclic) bond motifs is 3. The number of hydrogen-bond acceptors (Lipinski definition) is 6. The molecule has 1 aromatic rings.